The molecule has 1 aliphatic carbocycles. The molecule has 4 heteroatoms. The van der Waals surface area contributed by atoms with Crippen LogP contribution < -0.4 is 5.32 Å². The first kappa shape index (κ1) is 12.3. The lowest BCUT2D eigenvalue weighted by atomic mass is 10.2. The number of rotatable bonds is 4. The van der Waals surface area contributed by atoms with Crippen LogP contribution in [0.1, 0.15) is 25.3 Å². The van der Waals surface area contributed by atoms with Gasteiger partial charge in [-0.25, -0.2) is 4.98 Å². The van der Waals surface area contributed by atoms with Gasteiger partial charge in [-0.15, -0.1) is 0 Å². The summed E-state index contributed by atoms with van der Waals surface area (Å²) in [7, 11) is 0. The molecule has 0 bridgehead atoms. The van der Waals surface area contributed by atoms with Crippen molar-refractivity contribution in [2.75, 3.05) is 5.32 Å². The van der Waals surface area contributed by atoms with Crippen LogP contribution in [0.2, 0.25) is 0 Å². The highest BCUT2D eigenvalue weighted by Crippen LogP contribution is 2.30. The van der Waals surface area contributed by atoms with Crippen molar-refractivity contribution in [1.29, 1.82) is 0 Å². The lowest BCUT2D eigenvalue weighted by Crippen LogP contribution is -2.20. The summed E-state index contributed by atoms with van der Waals surface area (Å²) in [5.41, 5.74) is 1.07. The number of nitrogens with zero attached hydrogens (tertiary/aromatic N) is 1. The van der Waals surface area contributed by atoms with E-state index in [4.69, 9.17) is 0 Å². The fraction of sp³-hybridized carbons (Fsp3) is 0.385. The van der Waals surface area contributed by atoms with Crippen LogP contribution in [0.5, 0.6) is 0 Å². The third-order valence-corrected chi connectivity index (χ3v) is 3.00. The predicted molar refractivity (Wildman–Crippen MR) is 73.0 cm³/mol. The number of carbonyl (C=O) groups is 1. The first-order valence-corrected chi connectivity index (χ1v) is 6.66. The second kappa shape index (κ2) is 5.45. The van der Waals surface area contributed by atoms with Crippen molar-refractivity contribution in [2.24, 2.45) is 5.92 Å². The third-order valence-electron chi connectivity index (χ3n) is 2.58. The Morgan fingerprint density at radius 2 is 2.35 bits per heavy atom. The molecule has 1 aromatic heterocycles. The van der Waals surface area contributed by atoms with Gasteiger partial charge < -0.3 is 5.32 Å². The van der Waals surface area contributed by atoms with E-state index in [1.807, 2.05) is 12.1 Å². The van der Waals surface area contributed by atoms with E-state index >= 15 is 0 Å². The minimum Gasteiger partial charge on any atom is -0.310 e. The molecule has 2 rings (SSSR count). The Bertz CT molecular complexity index is 422. The first-order valence-electron chi connectivity index (χ1n) is 5.74. The quantitative estimate of drug-likeness (QED) is 0.867. The maximum Gasteiger partial charge on any atom is 0.239 e. The van der Waals surface area contributed by atoms with Crippen molar-refractivity contribution >= 4 is 33.7 Å². The number of amides is 1. The minimum atomic E-state index is -0.210. The number of hydrogen-bond acceptors (Lipinski definition) is 2. The molecule has 17 heavy (non-hydrogen) atoms. The maximum atomic E-state index is 11.4. The molecular weight excluding hydrogens is 280 g/mol. The largest absolute Gasteiger partial charge is 0.310 e. The van der Waals surface area contributed by atoms with Crippen LogP contribution in [-0.4, -0.2) is 15.7 Å². The van der Waals surface area contributed by atoms with Gasteiger partial charge in [0, 0.05) is 6.20 Å². The lowest BCUT2D eigenvalue weighted by molar-refractivity contribution is -0.115. The van der Waals surface area contributed by atoms with Gasteiger partial charge in [-0.3, -0.25) is 4.79 Å². The highest BCUT2D eigenvalue weighted by molar-refractivity contribution is 9.10. The predicted octanol–water partition coefficient (Wildman–Crippen LogP) is 3.23. The topological polar surface area (TPSA) is 42.0 Å². The zero-order valence-corrected chi connectivity index (χ0v) is 11.3. The molecular formula is C13H15BrN2O. The van der Waals surface area contributed by atoms with Gasteiger partial charge in [0.2, 0.25) is 5.91 Å². The maximum absolute atomic E-state index is 11.4. The second-order valence-corrected chi connectivity index (χ2v) is 5.65. The van der Waals surface area contributed by atoms with Crippen molar-refractivity contribution in [1.82, 2.24) is 4.98 Å². The molecule has 0 spiro atoms. The van der Waals surface area contributed by atoms with Gasteiger partial charge in [0.05, 0.1) is 4.83 Å². The smallest absolute Gasteiger partial charge is 0.239 e. The van der Waals surface area contributed by atoms with Crippen molar-refractivity contribution in [3.63, 3.8) is 0 Å². The van der Waals surface area contributed by atoms with Gasteiger partial charge in [-0.1, -0.05) is 28.1 Å². The molecule has 1 N–H and O–H groups in total. The minimum absolute atomic E-state index is 0.0845. The zero-order valence-electron chi connectivity index (χ0n) is 9.69. The highest BCUT2D eigenvalue weighted by atomic mass is 79.9. The van der Waals surface area contributed by atoms with Crippen LogP contribution >= 0.6 is 15.9 Å². The van der Waals surface area contributed by atoms with Gasteiger partial charge in [0.1, 0.15) is 5.82 Å². The summed E-state index contributed by atoms with van der Waals surface area (Å²) in [4.78, 5) is 15.4. The summed E-state index contributed by atoms with van der Waals surface area (Å²) in [5.74, 6) is 1.27. The van der Waals surface area contributed by atoms with Gasteiger partial charge >= 0.3 is 0 Å². The summed E-state index contributed by atoms with van der Waals surface area (Å²) in [5, 5.41) is 2.72. The second-order valence-electron chi connectivity index (χ2n) is 4.28. The molecule has 1 saturated carbocycles. The highest BCUT2D eigenvalue weighted by Gasteiger charge is 2.16. The monoisotopic (exact) mass is 294 g/mol. The number of pyridine rings is 1. The Balaban J connectivity index is 1.94. The number of nitrogens with one attached hydrogen (secondary N) is 1. The van der Waals surface area contributed by atoms with E-state index in [9.17, 15) is 4.79 Å². The number of carbonyl (C=O) groups excluding carboxylic acids is 1. The summed E-state index contributed by atoms with van der Waals surface area (Å²) in [6, 6.07) is 3.78. The van der Waals surface area contributed by atoms with E-state index in [-0.39, 0.29) is 10.7 Å². The molecule has 1 fully saturated rings. The van der Waals surface area contributed by atoms with Crippen LogP contribution in [0.4, 0.5) is 5.82 Å². The molecule has 0 saturated heterocycles. The fourth-order valence-electron chi connectivity index (χ4n) is 1.34. The summed E-state index contributed by atoms with van der Waals surface area (Å²) < 4.78 is 0. The van der Waals surface area contributed by atoms with Crippen LogP contribution in [0.25, 0.3) is 6.08 Å². The molecule has 1 atom stereocenters. The number of aromatic nitrogens is 1. The standard InChI is InChI=1S/C13H15BrN2O/c1-9(14)13(17)16-12-7-6-11(8-15-12)5-4-10-2-3-10/h4-10H,2-3H2,1H3,(H,15,16,17)/b5-4+. The number of hydrogen-bond donors (Lipinski definition) is 1. The van der Waals surface area contributed by atoms with Gasteiger partial charge in [0.15, 0.2) is 0 Å². The molecule has 1 amide bonds. The van der Waals surface area contributed by atoms with Crippen LogP contribution in [0, 0.1) is 5.92 Å². The van der Waals surface area contributed by atoms with E-state index < -0.39 is 0 Å². The Morgan fingerprint density at radius 3 is 2.88 bits per heavy atom. The molecule has 0 aromatic carbocycles. The third kappa shape index (κ3) is 3.97. The van der Waals surface area contributed by atoms with Crippen molar-refractivity contribution in [2.45, 2.75) is 24.6 Å². The number of halogens is 1. The van der Waals surface area contributed by atoms with E-state index in [0.717, 1.165) is 11.5 Å². The molecule has 1 heterocycles. The summed E-state index contributed by atoms with van der Waals surface area (Å²) in [6.07, 6.45) is 8.69. The Hall–Kier alpha value is -1.16. The van der Waals surface area contributed by atoms with E-state index in [1.165, 1.54) is 12.8 Å². The van der Waals surface area contributed by atoms with Crippen LogP contribution in [0.15, 0.2) is 24.4 Å². The number of anilines is 1. The molecule has 1 aliphatic rings. The molecule has 3 nitrogen and oxygen atoms in total. The summed E-state index contributed by atoms with van der Waals surface area (Å²) >= 11 is 3.21. The number of alkyl halides is 1. The van der Waals surface area contributed by atoms with E-state index in [2.05, 4.69) is 38.4 Å². The van der Waals surface area contributed by atoms with Gasteiger partial charge in [-0.05, 0) is 43.4 Å². The molecule has 0 radical (unpaired) electrons. The Labute approximate surface area is 109 Å². The normalized spacial score (nSPS) is 17.1. The van der Waals surface area contributed by atoms with Crippen LogP contribution in [-0.2, 0) is 4.79 Å². The summed E-state index contributed by atoms with van der Waals surface area (Å²) in [6.45, 7) is 1.78. The van der Waals surface area contributed by atoms with Crippen molar-refractivity contribution < 1.29 is 4.79 Å². The van der Waals surface area contributed by atoms with E-state index in [1.54, 1.807) is 13.1 Å². The van der Waals surface area contributed by atoms with Gasteiger partial charge in [0.25, 0.3) is 0 Å². The van der Waals surface area contributed by atoms with Crippen LogP contribution in [0.3, 0.4) is 0 Å². The average Bonchev–Trinajstić information content (AvgIpc) is 3.12. The molecule has 90 valence electrons. The van der Waals surface area contributed by atoms with E-state index in [0.29, 0.717) is 5.82 Å². The molecule has 1 aromatic rings. The Morgan fingerprint density at radius 1 is 1.59 bits per heavy atom. The molecule has 0 aliphatic heterocycles. The van der Waals surface area contributed by atoms with Crippen molar-refractivity contribution in [3.05, 3.63) is 30.0 Å². The number of allylic oxidation sites excluding steroid dienone is 1. The SMILES string of the molecule is CC(Br)C(=O)Nc1ccc(/C=C/C2CC2)cn1. The molecule has 1 unspecified atom stereocenters. The first-order chi connectivity index (χ1) is 8.15. The van der Waals surface area contributed by atoms with Crippen molar-refractivity contribution in [3.8, 4) is 0 Å². The van der Waals surface area contributed by atoms with Gasteiger partial charge in [-0.2, -0.15) is 0 Å². The zero-order chi connectivity index (χ0) is 12.3. The lowest BCUT2D eigenvalue weighted by Gasteiger charge is -2.05. The fourth-order valence-corrected chi connectivity index (χ4v) is 1.45. The Kier molecular flexibility index (Phi) is 3.94. The average molecular weight is 295 g/mol.